The summed E-state index contributed by atoms with van der Waals surface area (Å²) < 4.78 is 96.1. The van der Waals surface area contributed by atoms with Gasteiger partial charge in [-0.1, -0.05) is 5.21 Å². The molecule has 1 aliphatic carbocycles. The zero-order chi connectivity index (χ0) is 38.1. The van der Waals surface area contributed by atoms with Crippen LogP contribution >= 0.6 is 0 Å². The van der Waals surface area contributed by atoms with E-state index in [1.165, 1.54) is 25.7 Å². The highest BCUT2D eigenvalue weighted by Crippen LogP contribution is 2.49. The highest BCUT2D eigenvalue weighted by atomic mass is 19.1. The lowest BCUT2D eigenvalue weighted by atomic mass is 9.62. The number of carbonyl (C=O) groups is 1. The number of nitrogens with one attached hydrogen (secondary N) is 1. The Hall–Kier alpha value is -2.78. The molecule has 0 atom stereocenters. The van der Waals surface area contributed by atoms with Crippen molar-refractivity contribution in [3.05, 3.63) is 41.5 Å². The molecule has 54 heavy (non-hydrogen) atoms. The molecule has 2 aromatic rings. The normalized spacial score (nSPS) is 15.5. The van der Waals surface area contributed by atoms with Gasteiger partial charge in [0, 0.05) is 12.1 Å². The second-order valence-corrected chi connectivity index (χ2v) is 12.9. The Kier molecular flexibility index (Phi) is 21.3. The standard InChI is InChI=1S/C36H55F3N4O11/c37-29-23-32(38)35(33(39)24-29)54-34(44)1-7-45-9-11-47-13-14-48-12-10-46-8-6-43-27-30(41-42-43)28-52-20-19-50-16-15-49-17-18-51-21-22-53-31-25-36(26-31)2-4-40-5-3-36/h23-24,27,31,40H,1-22,25-26,28H2. The summed E-state index contributed by atoms with van der Waals surface area (Å²) >= 11 is 0. The fraction of sp³-hybridized carbons (Fsp3) is 0.750. The first-order valence-corrected chi connectivity index (χ1v) is 18.6. The molecule has 0 amide bonds. The van der Waals surface area contributed by atoms with Gasteiger partial charge in [0.25, 0.3) is 0 Å². The Morgan fingerprint density at radius 2 is 1.20 bits per heavy atom. The van der Waals surface area contributed by atoms with Gasteiger partial charge in [0.1, 0.15) is 11.5 Å². The van der Waals surface area contributed by atoms with Crippen LogP contribution in [0.5, 0.6) is 5.75 Å². The molecular formula is C36H55F3N4O11. The number of carbonyl (C=O) groups excluding carboxylic acids is 1. The van der Waals surface area contributed by atoms with E-state index < -0.39 is 29.2 Å². The Bertz CT molecular complexity index is 1290. The third kappa shape index (κ3) is 17.8. The van der Waals surface area contributed by atoms with Gasteiger partial charge >= 0.3 is 5.97 Å². The van der Waals surface area contributed by atoms with Gasteiger partial charge in [0.05, 0.1) is 138 Å². The number of ether oxygens (including phenoxy) is 10. The van der Waals surface area contributed by atoms with Crippen molar-refractivity contribution in [3.63, 3.8) is 0 Å². The quantitative estimate of drug-likeness (QED) is 0.0679. The van der Waals surface area contributed by atoms with Crippen LogP contribution in [0.1, 0.15) is 37.8 Å². The minimum atomic E-state index is -1.30. The first-order valence-electron chi connectivity index (χ1n) is 18.6. The van der Waals surface area contributed by atoms with E-state index in [-0.39, 0.29) is 26.2 Å². The molecular weight excluding hydrogens is 721 g/mol. The van der Waals surface area contributed by atoms with Crippen molar-refractivity contribution >= 4 is 5.97 Å². The van der Waals surface area contributed by atoms with E-state index in [2.05, 4.69) is 20.4 Å². The highest BCUT2D eigenvalue weighted by Gasteiger charge is 2.44. The monoisotopic (exact) mass is 776 g/mol. The lowest BCUT2D eigenvalue weighted by Crippen LogP contribution is -2.48. The second-order valence-electron chi connectivity index (χ2n) is 12.9. The maximum atomic E-state index is 13.5. The number of hydrogen-bond donors (Lipinski definition) is 1. The van der Waals surface area contributed by atoms with Gasteiger partial charge in [-0.15, -0.1) is 5.10 Å². The summed E-state index contributed by atoms with van der Waals surface area (Å²) in [6.45, 7) is 9.69. The third-order valence-corrected chi connectivity index (χ3v) is 8.73. The Morgan fingerprint density at radius 3 is 1.78 bits per heavy atom. The van der Waals surface area contributed by atoms with Crippen LogP contribution < -0.4 is 10.1 Å². The maximum Gasteiger partial charge on any atom is 0.313 e. The molecule has 0 unspecified atom stereocenters. The molecule has 306 valence electrons. The van der Waals surface area contributed by atoms with Crippen molar-refractivity contribution < 1.29 is 65.3 Å². The molecule has 1 aliphatic heterocycles. The van der Waals surface area contributed by atoms with Crippen LogP contribution in [0.2, 0.25) is 0 Å². The second kappa shape index (κ2) is 26.1. The summed E-state index contributed by atoms with van der Waals surface area (Å²) in [6.07, 6.45) is 6.91. The minimum Gasteiger partial charge on any atom is -0.420 e. The van der Waals surface area contributed by atoms with Gasteiger partial charge in [-0.05, 0) is 44.2 Å². The van der Waals surface area contributed by atoms with Gasteiger partial charge in [-0.2, -0.15) is 0 Å². The van der Waals surface area contributed by atoms with E-state index in [0.29, 0.717) is 128 Å². The minimum absolute atomic E-state index is 0.0370. The zero-order valence-electron chi connectivity index (χ0n) is 31.0. The first-order chi connectivity index (χ1) is 26.4. The molecule has 2 heterocycles. The molecule has 0 bridgehead atoms. The van der Waals surface area contributed by atoms with E-state index in [1.54, 1.807) is 4.68 Å². The summed E-state index contributed by atoms with van der Waals surface area (Å²) in [5.74, 6) is -5.56. The Morgan fingerprint density at radius 1 is 0.704 bits per heavy atom. The maximum absolute atomic E-state index is 13.5. The van der Waals surface area contributed by atoms with E-state index in [0.717, 1.165) is 13.1 Å². The highest BCUT2D eigenvalue weighted by molar-refractivity contribution is 5.72. The summed E-state index contributed by atoms with van der Waals surface area (Å²) in [7, 11) is 0. The van der Waals surface area contributed by atoms with E-state index >= 15 is 0 Å². The van der Waals surface area contributed by atoms with Crippen LogP contribution in [0, 0.1) is 22.9 Å². The smallest absolute Gasteiger partial charge is 0.313 e. The largest absolute Gasteiger partial charge is 0.420 e. The lowest BCUT2D eigenvalue weighted by Gasteiger charge is -2.50. The molecule has 1 aromatic heterocycles. The summed E-state index contributed by atoms with van der Waals surface area (Å²) in [4.78, 5) is 11.7. The third-order valence-electron chi connectivity index (χ3n) is 8.73. The van der Waals surface area contributed by atoms with Gasteiger partial charge in [0.2, 0.25) is 5.75 Å². The molecule has 1 saturated heterocycles. The van der Waals surface area contributed by atoms with Gasteiger partial charge in [-0.3, -0.25) is 4.79 Å². The summed E-state index contributed by atoms with van der Waals surface area (Å²) in [6, 6.07) is 0.855. The van der Waals surface area contributed by atoms with Crippen molar-refractivity contribution in [1.29, 1.82) is 0 Å². The predicted molar refractivity (Wildman–Crippen MR) is 185 cm³/mol. The van der Waals surface area contributed by atoms with Crippen molar-refractivity contribution in [2.75, 3.05) is 119 Å². The number of hydrogen-bond acceptors (Lipinski definition) is 14. The van der Waals surface area contributed by atoms with Crippen molar-refractivity contribution in [2.24, 2.45) is 5.41 Å². The molecule has 4 rings (SSSR count). The number of benzene rings is 1. The average Bonchev–Trinajstić information content (AvgIpc) is 3.60. The summed E-state index contributed by atoms with van der Waals surface area (Å²) in [5.41, 5.74) is 1.26. The van der Waals surface area contributed by atoms with Crippen molar-refractivity contribution in [2.45, 2.75) is 51.4 Å². The molecule has 2 aliphatic rings. The molecule has 1 N–H and O–H groups in total. The molecule has 1 spiro atoms. The van der Waals surface area contributed by atoms with Gasteiger partial charge < -0.3 is 52.7 Å². The Labute approximate surface area is 314 Å². The fourth-order valence-electron chi connectivity index (χ4n) is 5.88. The van der Waals surface area contributed by atoms with E-state index in [4.69, 9.17) is 42.6 Å². The lowest BCUT2D eigenvalue weighted by molar-refractivity contribution is -0.136. The van der Waals surface area contributed by atoms with Crippen LogP contribution in [0.25, 0.3) is 0 Å². The van der Waals surface area contributed by atoms with Crippen LogP contribution in [0.4, 0.5) is 13.2 Å². The van der Waals surface area contributed by atoms with Crippen LogP contribution in [-0.2, 0) is 60.6 Å². The van der Waals surface area contributed by atoms with E-state index in [1.807, 2.05) is 6.20 Å². The number of esters is 1. The molecule has 0 radical (unpaired) electrons. The Balaban J connectivity index is 0.824. The zero-order valence-corrected chi connectivity index (χ0v) is 31.0. The molecule has 1 aromatic carbocycles. The first kappa shape index (κ1) is 43.9. The number of nitrogens with zero attached hydrogens (tertiary/aromatic N) is 3. The summed E-state index contributed by atoms with van der Waals surface area (Å²) in [5, 5.41) is 11.6. The van der Waals surface area contributed by atoms with Crippen LogP contribution in [0.3, 0.4) is 0 Å². The molecule has 1 saturated carbocycles. The van der Waals surface area contributed by atoms with Crippen molar-refractivity contribution in [3.8, 4) is 5.75 Å². The average molecular weight is 777 g/mol. The van der Waals surface area contributed by atoms with Crippen LogP contribution in [0.15, 0.2) is 18.3 Å². The SMILES string of the molecule is O=C(CCOCCOCCOCCOCCn1cc(COCCOCCOCCOCCOC2CC3(CCNCC3)C2)nn1)Oc1c(F)cc(F)cc1F. The topological polar surface area (TPSA) is 152 Å². The fourth-order valence-corrected chi connectivity index (χ4v) is 5.88. The number of halogens is 3. The number of rotatable bonds is 31. The number of piperidine rings is 1. The predicted octanol–water partition coefficient (Wildman–Crippen LogP) is 2.87. The van der Waals surface area contributed by atoms with Crippen molar-refractivity contribution in [1.82, 2.24) is 20.3 Å². The van der Waals surface area contributed by atoms with Gasteiger partial charge in [0.15, 0.2) is 11.6 Å². The molecule has 2 fully saturated rings. The molecule has 15 nitrogen and oxygen atoms in total. The van der Waals surface area contributed by atoms with E-state index in [9.17, 15) is 18.0 Å². The van der Waals surface area contributed by atoms with Crippen LogP contribution in [-0.4, -0.2) is 146 Å². The number of aromatic nitrogens is 3. The van der Waals surface area contributed by atoms with Gasteiger partial charge in [-0.25, -0.2) is 17.9 Å². The molecule has 18 heteroatoms.